The SMILES string of the molecule is CCCCC1(O)c2ccccc2C(=O)N1Cc1ccccc1. The fraction of sp³-hybridized carbons (Fsp3) is 0.316. The summed E-state index contributed by atoms with van der Waals surface area (Å²) in [6.45, 7) is 2.52. The van der Waals surface area contributed by atoms with Crippen LogP contribution in [0.1, 0.15) is 47.7 Å². The van der Waals surface area contributed by atoms with Crippen molar-refractivity contribution < 1.29 is 9.90 Å². The summed E-state index contributed by atoms with van der Waals surface area (Å²) in [5, 5.41) is 11.3. The van der Waals surface area contributed by atoms with Crippen molar-refractivity contribution in [2.45, 2.75) is 38.5 Å². The van der Waals surface area contributed by atoms with Gasteiger partial charge in [-0.05, 0) is 24.5 Å². The van der Waals surface area contributed by atoms with Gasteiger partial charge in [0.05, 0.1) is 0 Å². The standard InChI is InChI=1S/C19H21NO2/c1-2-3-13-19(22)17-12-8-7-11-16(17)18(21)20(19)14-15-9-5-4-6-10-15/h4-12,22H,2-3,13-14H2,1H3. The number of hydrogen-bond acceptors (Lipinski definition) is 2. The van der Waals surface area contributed by atoms with Crippen molar-refractivity contribution in [3.05, 3.63) is 71.3 Å². The number of carbonyl (C=O) groups excluding carboxylic acids is 1. The molecular formula is C19H21NO2. The number of nitrogens with zero attached hydrogens (tertiary/aromatic N) is 1. The number of benzene rings is 2. The monoisotopic (exact) mass is 295 g/mol. The summed E-state index contributed by atoms with van der Waals surface area (Å²) in [4.78, 5) is 14.4. The van der Waals surface area contributed by atoms with Gasteiger partial charge in [0.25, 0.3) is 5.91 Å². The van der Waals surface area contributed by atoms with E-state index in [4.69, 9.17) is 0 Å². The number of unbranched alkanes of at least 4 members (excludes halogenated alkanes) is 1. The molecule has 0 aromatic heterocycles. The second-order valence-corrected chi connectivity index (χ2v) is 5.84. The van der Waals surface area contributed by atoms with Gasteiger partial charge in [-0.1, -0.05) is 61.9 Å². The zero-order chi connectivity index (χ0) is 15.6. The molecule has 0 fully saturated rings. The van der Waals surface area contributed by atoms with Crippen LogP contribution in [0.15, 0.2) is 54.6 Å². The maximum Gasteiger partial charge on any atom is 0.257 e. The number of amides is 1. The van der Waals surface area contributed by atoms with Crippen LogP contribution in [0.25, 0.3) is 0 Å². The number of rotatable bonds is 5. The number of fused-ring (bicyclic) bond motifs is 1. The molecule has 3 heteroatoms. The second kappa shape index (κ2) is 5.93. The Kier molecular flexibility index (Phi) is 3.99. The van der Waals surface area contributed by atoms with Gasteiger partial charge in [-0.2, -0.15) is 0 Å². The molecule has 0 aliphatic carbocycles. The predicted octanol–water partition coefficient (Wildman–Crippen LogP) is 3.68. The highest BCUT2D eigenvalue weighted by Gasteiger charge is 2.47. The molecule has 1 heterocycles. The molecule has 1 atom stereocenters. The Balaban J connectivity index is 1.99. The van der Waals surface area contributed by atoms with Crippen LogP contribution in [0.3, 0.4) is 0 Å². The zero-order valence-electron chi connectivity index (χ0n) is 12.8. The predicted molar refractivity (Wildman–Crippen MR) is 86.2 cm³/mol. The molecule has 2 aromatic carbocycles. The molecule has 0 spiro atoms. The fourth-order valence-corrected chi connectivity index (χ4v) is 3.14. The molecule has 0 saturated carbocycles. The lowest BCUT2D eigenvalue weighted by molar-refractivity contribution is -0.0956. The Bertz CT molecular complexity index is 668. The van der Waals surface area contributed by atoms with Gasteiger partial charge in [0.2, 0.25) is 0 Å². The van der Waals surface area contributed by atoms with Crippen LogP contribution in [0.5, 0.6) is 0 Å². The topological polar surface area (TPSA) is 40.5 Å². The van der Waals surface area contributed by atoms with Crippen LogP contribution >= 0.6 is 0 Å². The third-order valence-electron chi connectivity index (χ3n) is 4.34. The van der Waals surface area contributed by atoms with Crippen LogP contribution in [-0.2, 0) is 12.3 Å². The number of aliphatic hydroxyl groups is 1. The molecule has 1 N–H and O–H groups in total. The number of hydrogen-bond donors (Lipinski definition) is 1. The largest absolute Gasteiger partial charge is 0.367 e. The summed E-state index contributed by atoms with van der Waals surface area (Å²) in [6, 6.07) is 17.2. The molecule has 0 bridgehead atoms. The lowest BCUT2D eigenvalue weighted by atomic mass is 9.96. The summed E-state index contributed by atoms with van der Waals surface area (Å²) < 4.78 is 0. The van der Waals surface area contributed by atoms with E-state index in [9.17, 15) is 9.90 Å². The van der Waals surface area contributed by atoms with Crippen molar-refractivity contribution in [1.82, 2.24) is 4.90 Å². The summed E-state index contributed by atoms with van der Waals surface area (Å²) in [7, 11) is 0. The van der Waals surface area contributed by atoms with Crippen molar-refractivity contribution in [3.63, 3.8) is 0 Å². The average Bonchev–Trinajstić information content (AvgIpc) is 2.77. The Morgan fingerprint density at radius 3 is 2.45 bits per heavy atom. The van der Waals surface area contributed by atoms with E-state index in [0.717, 1.165) is 24.0 Å². The normalized spacial score (nSPS) is 20.3. The van der Waals surface area contributed by atoms with E-state index in [-0.39, 0.29) is 5.91 Å². The first-order valence-corrected chi connectivity index (χ1v) is 7.84. The van der Waals surface area contributed by atoms with E-state index < -0.39 is 5.72 Å². The minimum Gasteiger partial charge on any atom is -0.367 e. The fourth-order valence-electron chi connectivity index (χ4n) is 3.14. The highest BCUT2D eigenvalue weighted by atomic mass is 16.3. The van der Waals surface area contributed by atoms with Gasteiger partial charge in [0, 0.05) is 17.7 Å². The van der Waals surface area contributed by atoms with Crippen LogP contribution in [0.2, 0.25) is 0 Å². The summed E-state index contributed by atoms with van der Waals surface area (Å²) in [5.41, 5.74) is 1.19. The van der Waals surface area contributed by atoms with E-state index in [0.29, 0.717) is 18.5 Å². The van der Waals surface area contributed by atoms with Crippen molar-refractivity contribution in [2.75, 3.05) is 0 Å². The Morgan fingerprint density at radius 2 is 1.73 bits per heavy atom. The Morgan fingerprint density at radius 1 is 1.05 bits per heavy atom. The van der Waals surface area contributed by atoms with Gasteiger partial charge in [-0.25, -0.2) is 0 Å². The van der Waals surface area contributed by atoms with Crippen LogP contribution in [0, 0.1) is 0 Å². The first-order valence-electron chi connectivity index (χ1n) is 7.84. The summed E-state index contributed by atoms with van der Waals surface area (Å²) in [6.07, 6.45) is 2.43. The van der Waals surface area contributed by atoms with Gasteiger partial charge in [0.1, 0.15) is 0 Å². The van der Waals surface area contributed by atoms with Crippen LogP contribution in [-0.4, -0.2) is 15.9 Å². The zero-order valence-corrected chi connectivity index (χ0v) is 12.8. The third-order valence-corrected chi connectivity index (χ3v) is 4.34. The van der Waals surface area contributed by atoms with Crippen LogP contribution < -0.4 is 0 Å². The first-order chi connectivity index (χ1) is 10.7. The molecule has 1 amide bonds. The van der Waals surface area contributed by atoms with E-state index in [1.54, 1.807) is 11.0 Å². The Labute approximate surface area is 131 Å². The molecule has 1 aliphatic rings. The van der Waals surface area contributed by atoms with Gasteiger partial charge >= 0.3 is 0 Å². The quantitative estimate of drug-likeness (QED) is 0.914. The molecule has 1 unspecified atom stereocenters. The minimum absolute atomic E-state index is 0.0851. The average molecular weight is 295 g/mol. The minimum atomic E-state index is -1.19. The maximum atomic E-state index is 12.7. The van der Waals surface area contributed by atoms with Crippen molar-refractivity contribution in [1.29, 1.82) is 0 Å². The van der Waals surface area contributed by atoms with E-state index in [1.807, 2.05) is 48.5 Å². The summed E-state index contributed by atoms with van der Waals surface area (Å²) in [5.74, 6) is -0.0851. The smallest absolute Gasteiger partial charge is 0.257 e. The maximum absolute atomic E-state index is 12.7. The van der Waals surface area contributed by atoms with E-state index >= 15 is 0 Å². The van der Waals surface area contributed by atoms with Crippen molar-refractivity contribution in [2.24, 2.45) is 0 Å². The van der Waals surface area contributed by atoms with Gasteiger partial charge in [0.15, 0.2) is 5.72 Å². The number of carbonyl (C=O) groups is 1. The molecule has 3 rings (SSSR count). The van der Waals surface area contributed by atoms with Crippen molar-refractivity contribution in [3.8, 4) is 0 Å². The second-order valence-electron chi connectivity index (χ2n) is 5.84. The van der Waals surface area contributed by atoms with E-state index in [1.165, 1.54) is 0 Å². The third kappa shape index (κ3) is 2.42. The van der Waals surface area contributed by atoms with E-state index in [2.05, 4.69) is 6.92 Å². The lowest BCUT2D eigenvalue weighted by Crippen LogP contribution is -2.43. The molecule has 1 aliphatic heterocycles. The molecule has 22 heavy (non-hydrogen) atoms. The van der Waals surface area contributed by atoms with Gasteiger partial charge < -0.3 is 10.0 Å². The van der Waals surface area contributed by atoms with Crippen molar-refractivity contribution >= 4 is 5.91 Å². The Hall–Kier alpha value is -2.13. The first kappa shape index (κ1) is 14.8. The van der Waals surface area contributed by atoms with Gasteiger partial charge in [-0.15, -0.1) is 0 Å². The molecule has 0 saturated heterocycles. The molecule has 2 aromatic rings. The molecule has 0 radical (unpaired) electrons. The van der Waals surface area contributed by atoms with Crippen LogP contribution in [0.4, 0.5) is 0 Å². The summed E-state index contributed by atoms with van der Waals surface area (Å²) >= 11 is 0. The highest BCUT2D eigenvalue weighted by molar-refractivity contribution is 5.99. The molecule has 3 nitrogen and oxygen atoms in total. The lowest BCUT2D eigenvalue weighted by Gasteiger charge is -2.34. The molecular weight excluding hydrogens is 274 g/mol. The van der Waals surface area contributed by atoms with Gasteiger partial charge in [-0.3, -0.25) is 4.79 Å². The highest BCUT2D eigenvalue weighted by Crippen LogP contribution is 2.41. The molecule has 114 valence electrons.